The van der Waals surface area contributed by atoms with E-state index in [4.69, 9.17) is 9.47 Å². The number of hydrogen-bond donors (Lipinski definition) is 1. The summed E-state index contributed by atoms with van der Waals surface area (Å²) in [6.07, 6.45) is 12.2. The SMILES string of the molecule is CCCCCCCOC(C)(CO)OCCCCCCC. The minimum Gasteiger partial charge on any atom is -0.391 e. The summed E-state index contributed by atoms with van der Waals surface area (Å²) in [5.74, 6) is -0.810. The Morgan fingerprint density at radius 2 is 1.10 bits per heavy atom. The van der Waals surface area contributed by atoms with Gasteiger partial charge in [0.2, 0.25) is 0 Å². The molecule has 122 valence electrons. The van der Waals surface area contributed by atoms with Crippen LogP contribution in [0.5, 0.6) is 0 Å². The highest BCUT2D eigenvalue weighted by Gasteiger charge is 2.24. The molecular formula is C17H36O3. The van der Waals surface area contributed by atoms with Crippen LogP contribution in [0.4, 0.5) is 0 Å². The predicted molar refractivity (Wildman–Crippen MR) is 84.9 cm³/mol. The standard InChI is InChI=1S/C17H36O3/c1-4-6-8-10-12-14-19-17(3,16-18)20-15-13-11-9-7-5-2/h18H,4-16H2,1-3H3. The number of aliphatic hydroxyl groups excluding tert-OH is 1. The monoisotopic (exact) mass is 288 g/mol. The molecule has 0 aromatic rings. The minimum atomic E-state index is -0.810. The van der Waals surface area contributed by atoms with Crippen LogP contribution in [0.3, 0.4) is 0 Å². The normalized spacial score (nSPS) is 12.0. The van der Waals surface area contributed by atoms with Crippen LogP contribution in [-0.4, -0.2) is 30.7 Å². The summed E-state index contributed by atoms with van der Waals surface area (Å²) in [6, 6.07) is 0. The highest BCUT2D eigenvalue weighted by molar-refractivity contribution is 4.61. The van der Waals surface area contributed by atoms with E-state index in [1.807, 2.05) is 6.92 Å². The van der Waals surface area contributed by atoms with Crippen molar-refractivity contribution in [1.29, 1.82) is 0 Å². The summed E-state index contributed by atoms with van der Waals surface area (Å²) in [4.78, 5) is 0. The third-order valence-corrected chi connectivity index (χ3v) is 3.60. The van der Waals surface area contributed by atoms with E-state index >= 15 is 0 Å². The van der Waals surface area contributed by atoms with Crippen LogP contribution in [0.1, 0.15) is 85.0 Å². The molecule has 0 bridgehead atoms. The van der Waals surface area contributed by atoms with Crippen LogP contribution in [0.25, 0.3) is 0 Å². The summed E-state index contributed by atoms with van der Waals surface area (Å²) in [6.45, 7) is 7.55. The highest BCUT2D eigenvalue weighted by atomic mass is 16.7. The van der Waals surface area contributed by atoms with Gasteiger partial charge in [-0.25, -0.2) is 0 Å². The molecule has 3 heteroatoms. The molecule has 20 heavy (non-hydrogen) atoms. The van der Waals surface area contributed by atoms with Crippen molar-refractivity contribution >= 4 is 0 Å². The molecule has 0 unspecified atom stereocenters. The lowest BCUT2D eigenvalue weighted by Gasteiger charge is -2.28. The molecular weight excluding hydrogens is 252 g/mol. The third-order valence-electron chi connectivity index (χ3n) is 3.60. The van der Waals surface area contributed by atoms with E-state index < -0.39 is 5.79 Å². The topological polar surface area (TPSA) is 38.7 Å². The molecule has 0 aliphatic rings. The zero-order chi connectivity index (χ0) is 15.1. The first kappa shape index (κ1) is 19.9. The largest absolute Gasteiger partial charge is 0.391 e. The lowest BCUT2D eigenvalue weighted by atomic mass is 10.1. The Kier molecular flexibility index (Phi) is 13.8. The van der Waals surface area contributed by atoms with E-state index in [2.05, 4.69) is 13.8 Å². The predicted octanol–water partition coefficient (Wildman–Crippen LogP) is 4.67. The van der Waals surface area contributed by atoms with Gasteiger partial charge in [0.15, 0.2) is 5.79 Å². The molecule has 0 fully saturated rings. The first-order chi connectivity index (χ1) is 9.68. The first-order valence-corrected chi connectivity index (χ1v) is 8.57. The molecule has 0 aliphatic carbocycles. The second kappa shape index (κ2) is 13.8. The van der Waals surface area contributed by atoms with Gasteiger partial charge in [0, 0.05) is 0 Å². The Morgan fingerprint density at radius 3 is 1.45 bits per heavy atom. The first-order valence-electron chi connectivity index (χ1n) is 8.57. The fraction of sp³-hybridized carbons (Fsp3) is 1.00. The summed E-state index contributed by atoms with van der Waals surface area (Å²) in [5.41, 5.74) is 0. The second-order valence-corrected chi connectivity index (χ2v) is 5.82. The van der Waals surface area contributed by atoms with Gasteiger partial charge in [-0.05, 0) is 19.8 Å². The summed E-state index contributed by atoms with van der Waals surface area (Å²) >= 11 is 0. The fourth-order valence-corrected chi connectivity index (χ4v) is 2.12. The van der Waals surface area contributed by atoms with Gasteiger partial charge in [-0.3, -0.25) is 0 Å². The van der Waals surface area contributed by atoms with Crippen molar-refractivity contribution in [3.8, 4) is 0 Å². The molecule has 0 spiro atoms. The van der Waals surface area contributed by atoms with Gasteiger partial charge >= 0.3 is 0 Å². The van der Waals surface area contributed by atoms with Gasteiger partial charge in [-0.1, -0.05) is 65.2 Å². The average Bonchev–Trinajstić information content (AvgIpc) is 2.46. The molecule has 0 radical (unpaired) electrons. The molecule has 3 nitrogen and oxygen atoms in total. The molecule has 0 aliphatic heterocycles. The van der Waals surface area contributed by atoms with Crippen molar-refractivity contribution in [2.24, 2.45) is 0 Å². The van der Waals surface area contributed by atoms with Crippen molar-refractivity contribution in [1.82, 2.24) is 0 Å². The van der Waals surface area contributed by atoms with E-state index in [0.29, 0.717) is 13.2 Å². The van der Waals surface area contributed by atoms with Crippen LogP contribution >= 0.6 is 0 Å². The molecule has 0 atom stereocenters. The van der Waals surface area contributed by atoms with Crippen LogP contribution in [0, 0.1) is 0 Å². The van der Waals surface area contributed by atoms with E-state index in [-0.39, 0.29) is 6.61 Å². The van der Waals surface area contributed by atoms with Crippen LogP contribution in [-0.2, 0) is 9.47 Å². The molecule has 0 aromatic heterocycles. The van der Waals surface area contributed by atoms with Crippen molar-refractivity contribution in [2.75, 3.05) is 19.8 Å². The van der Waals surface area contributed by atoms with E-state index in [1.54, 1.807) is 0 Å². The van der Waals surface area contributed by atoms with E-state index in [1.165, 1.54) is 51.4 Å². The van der Waals surface area contributed by atoms with Gasteiger partial charge in [0.1, 0.15) is 0 Å². The number of aliphatic hydroxyl groups is 1. The Labute approximate surface area is 126 Å². The molecule has 0 saturated heterocycles. The maximum Gasteiger partial charge on any atom is 0.188 e. The van der Waals surface area contributed by atoms with E-state index in [9.17, 15) is 5.11 Å². The zero-order valence-electron chi connectivity index (χ0n) is 14.0. The Bertz CT molecular complexity index is 179. The molecule has 0 amide bonds. The van der Waals surface area contributed by atoms with Crippen molar-refractivity contribution in [2.45, 2.75) is 90.8 Å². The Morgan fingerprint density at radius 1 is 0.700 bits per heavy atom. The summed E-state index contributed by atoms with van der Waals surface area (Å²) in [5, 5.41) is 9.42. The third kappa shape index (κ3) is 11.7. The van der Waals surface area contributed by atoms with Crippen molar-refractivity contribution in [3.05, 3.63) is 0 Å². The molecule has 1 N–H and O–H groups in total. The van der Waals surface area contributed by atoms with Crippen molar-refractivity contribution in [3.63, 3.8) is 0 Å². The van der Waals surface area contributed by atoms with Crippen LogP contribution in [0.15, 0.2) is 0 Å². The van der Waals surface area contributed by atoms with E-state index in [0.717, 1.165) is 12.8 Å². The number of ether oxygens (including phenoxy) is 2. The van der Waals surface area contributed by atoms with Gasteiger partial charge in [0.05, 0.1) is 19.8 Å². The highest BCUT2D eigenvalue weighted by Crippen LogP contribution is 2.15. The zero-order valence-corrected chi connectivity index (χ0v) is 14.0. The van der Waals surface area contributed by atoms with Gasteiger partial charge in [-0.15, -0.1) is 0 Å². The molecule has 0 heterocycles. The Balaban J connectivity index is 3.57. The number of rotatable bonds is 15. The van der Waals surface area contributed by atoms with Gasteiger partial charge in [0.25, 0.3) is 0 Å². The average molecular weight is 288 g/mol. The van der Waals surface area contributed by atoms with Gasteiger partial charge < -0.3 is 14.6 Å². The number of hydrogen-bond acceptors (Lipinski definition) is 3. The minimum absolute atomic E-state index is 0.0725. The quantitative estimate of drug-likeness (QED) is 0.351. The Hall–Kier alpha value is -0.120. The van der Waals surface area contributed by atoms with Crippen LogP contribution in [0.2, 0.25) is 0 Å². The lowest BCUT2D eigenvalue weighted by Crippen LogP contribution is -2.37. The molecule has 0 saturated carbocycles. The maximum atomic E-state index is 9.42. The smallest absolute Gasteiger partial charge is 0.188 e. The lowest BCUT2D eigenvalue weighted by molar-refractivity contribution is -0.244. The van der Waals surface area contributed by atoms with Crippen LogP contribution < -0.4 is 0 Å². The van der Waals surface area contributed by atoms with Gasteiger partial charge in [-0.2, -0.15) is 0 Å². The fourth-order valence-electron chi connectivity index (χ4n) is 2.12. The molecule has 0 rings (SSSR count). The number of unbranched alkanes of at least 4 members (excludes halogenated alkanes) is 8. The summed E-state index contributed by atoms with van der Waals surface area (Å²) < 4.78 is 11.4. The van der Waals surface area contributed by atoms with Crippen molar-refractivity contribution < 1.29 is 14.6 Å². The second-order valence-electron chi connectivity index (χ2n) is 5.82. The molecule has 0 aromatic carbocycles. The maximum absolute atomic E-state index is 9.42. The summed E-state index contributed by atoms with van der Waals surface area (Å²) in [7, 11) is 0.